The van der Waals surface area contributed by atoms with Gasteiger partial charge in [0.05, 0.1) is 15.2 Å². The van der Waals surface area contributed by atoms with Crippen molar-refractivity contribution in [3.05, 3.63) is 60.6 Å². The topological polar surface area (TPSA) is 88.4 Å². The lowest BCUT2D eigenvalue weighted by Crippen LogP contribution is -2.14. The fourth-order valence-electron chi connectivity index (χ4n) is 2.04. The molecule has 9 heteroatoms. The molecule has 0 bridgehead atoms. The van der Waals surface area contributed by atoms with Crippen molar-refractivity contribution in [3.8, 4) is 11.8 Å². The Kier molecular flexibility index (Phi) is 8.29. The van der Waals surface area contributed by atoms with Gasteiger partial charge in [-0.1, -0.05) is 11.6 Å². The Morgan fingerprint density at radius 1 is 1.32 bits per heavy atom. The van der Waals surface area contributed by atoms with E-state index in [2.05, 4.69) is 26.0 Å². The number of anilines is 1. The Balaban J connectivity index is 2.21. The fourth-order valence-corrected chi connectivity index (χ4v) is 3.93. The highest BCUT2D eigenvalue weighted by molar-refractivity contribution is 14.1. The van der Waals surface area contributed by atoms with Crippen molar-refractivity contribution in [2.75, 3.05) is 19.0 Å². The molecule has 0 saturated carbocycles. The molecule has 0 spiro atoms. The summed E-state index contributed by atoms with van der Waals surface area (Å²) in [4.78, 5) is 23.6. The minimum absolute atomic E-state index is 0.0686. The minimum atomic E-state index is -0.540. The maximum absolute atomic E-state index is 12.4. The van der Waals surface area contributed by atoms with Gasteiger partial charge in [0.1, 0.15) is 17.4 Å². The molecule has 0 aliphatic heterocycles. The van der Waals surface area contributed by atoms with Crippen molar-refractivity contribution in [2.45, 2.75) is 0 Å². The highest BCUT2D eigenvalue weighted by atomic mass is 127. The number of carbonyl (C=O) groups is 2. The smallest absolute Gasteiger partial charge is 0.343 e. The molecule has 144 valence electrons. The van der Waals surface area contributed by atoms with Gasteiger partial charge in [-0.3, -0.25) is 4.79 Å². The van der Waals surface area contributed by atoms with Gasteiger partial charge in [-0.25, -0.2) is 4.79 Å². The van der Waals surface area contributed by atoms with Crippen LogP contribution < -0.4 is 10.1 Å². The highest BCUT2D eigenvalue weighted by Gasteiger charge is 2.13. The van der Waals surface area contributed by atoms with Crippen molar-refractivity contribution in [2.24, 2.45) is 0 Å². The molecule has 0 heterocycles. The largest absolute Gasteiger partial charge is 0.480 e. The Labute approximate surface area is 188 Å². The molecular formula is C19H13BrClIN2O4. The molecule has 0 fully saturated rings. The van der Waals surface area contributed by atoms with Crippen molar-refractivity contribution in [1.29, 1.82) is 5.26 Å². The molecule has 0 unspecified atom stereocenters. The lowest BCUT2D eigenvalue weighted by Gasteiger charge is -2.10. The first-order chi connectivity index (χ1) is 13.3. The third-order valence-electron chi connectivity index (χ3n) is 3.36. The van der Waals surface area contributed by atoms with E-state index in [0.717, 1.165) is 0 Å². The highest BCUT2D eigenvalue weighted by Crippen LogP contribution is 2.32. The van der Waals surface area contributed by atoms with Gasteiger partial charge < -0.3 is 14.8 Å². The summed E-state index contributed by atoms with van der Waals surface area (Å²) >= 11 is 11.2. The van der Waals surface area contributed by atoms with E-state index in [0.29, 0.717) is 30.1 Å². The summed E-state index contributed by atoms with van der Waals surface area (Å²) < 4.78 is 11.2. The summed E-state index contributed by atoms with van der Waals surface area (Å²) in [5.74, 6) is -0.577. The number of halogens is 3. The van der Waals surface area contributed by atoms with Gasteiger partial charge in [0, 0.05) is 10.7 Å². The first kappa shape index (κ1) is 22.2. The second-order valence-corrected chi connectivity index (χ2v) is 7.76. The van der Waals surface area contributed by atoms with Gasteiger partial charge in [-0.05, 0) is 86.6 Å². The number of rotatable bonds is 6. The van der Waals surface area contributed by atoms with Crippen molar-refractivity contribution in [1.82, 2.24) is 0 Å². The second kappa shape index (κ2) is 10.5. The van der Waals surface area contributed by atoms with Gasteiger partial charge in [0.15, 0.2) is 6.61 Å². The molecule has 0 atom stereocenters. The van der Waals surface area contributed by atoms with Crippen molar-refractivity contribution < 1.29 is 19.1 Å². The van der Waals surface area contributed by atoms with Crippen LogP contribution in [0.3, 0.4) is 0 Å². The van der Waals surface area contributed by atoms with E-state index >= 15 is 0 Å². The summed E-state index contributed by atoms with van der Waals surface area (Å²) in [6, 6.07) is 11.9. The van der Waals surface area contributed by atoms with Crippen LogP contribution in [0, 0.1) is 14.9 Å². The fraction of sp³-hybridized carbons (Fsp3) is 0.105. The molecule has 0 saturated heterocycles. The molecule has 2 rings (SSSR count). The maximum atomic E-state index is 12.4. The van der Waals surface area contributed by atoms with Crippen LogP contribution in [0.2, 0.25) is 5.02 Å². The van der Waals surface area contributed by atoms with E-state index in [1.807, 2.05) is 28.7 Å². The van der Waals surface area contributed by atoms with Crippen LogP contribution in [0.5, 0.6) is 5.75 Å². The summed E-state index contributed by atoms with van der Waals surface area (Å²) in [5.41, 5.74) is 1.07. The van der Waals surface area contributed by atoms with Crippen LogP contribution in [0.25, 0.3) is 6.08 Å². The van der Waals surface area contributed by atoms with E-state index in [9.17, 15) is 14.9 Å². The Hall–Kier alpha value is -2.09. The van der Waals surface area contributed by atoms with Crippen molar-refractivity contribution >= 4 is 73.8 Å². The molecule has 2 aromatic carbocycles. The molecule has 0 aromatic heterocycles. The van der Waals surface area contributed by atoms with Gasteiger partial charge in [-0.15, -0.1) is 0 Å². The quantitative estimate of drug-likeness (QED) is 0.231. The average Bonchev–Trinajstić information content (AvgIpc) is 2.66. The number of benzene rings is 2. The first-order valence-electron chi connectivity index (χ1n) is 7.71. The van der Waals surface area contributed by atoms with E-state index < -0.39 is 11.9 Å². The summed E-state index contributed by atoms with van der Waals surface area (Å²) in [6.45, 7) is -0.229. The number of ether oxygens (including phenoxy) is 2. The standard InChI is InChI=1S/C19H13BrClIN2O4/c1-27-17(25)10-28-18-15(20)7-11(8-16(18)22)6-12(9-23)19(26)24-14-4-2-13(21)3-5-14/h2-8H,10H2,1H3,(H,24,26)/b12-6-. The molecule has 6 nitrogen and oxygen atoms in total. The summed E-state index contributed by atoms with van der Waals surface area (Å²) in [7, 11) is 1.28. The minimum Gasteiger partial charge on any atom is -0.480 e. The van der Waals surface area contributed by atoms with E-state index in [1.165, 1.54) is 13.2 Å². The van der Waals surface area contributed by atoms with Crippen LogP contribution in [-0.2, 0) is 14.3 Å². The van der Waals surface area contributed by atoms with Crippen LogP contribution in [0.4, 0.5) is 5.69 Å². The van der Waals surface area contributed by atoms with Gasteiger partial charge in [0.25, 0.3) is 5.91 Å². The van der Waals surface area contributed by atoms with Gasteiger partial charge in [0.2, 0.25) is 0 Å². The van der Waals surface area contributed by atoms with E-state index in [-0.39, 0.29) is 12.2 Å². The molecule has 0 aliphatic rings. The monoisotopic (exact) mass is 574 g/mol. The van der Waals surface area contributed by atoms with Crippen LogP contribution in [0.1, 0.15) is 5.56 Å². The number of hydrogen-bond acceptors (Lipinski definition) is 5. The third kappa shape index (κ3) is 6.22. The zero-order valence-corrected chi connectivity index (χ0v) is 19.0. The maximum Gasteiger partial charge on any atom is 0.343 e. The molecule has 1 amide bonds. The number of carbonyl (C=O) groups excluding carboxylic acids is 2. The Bertz CT molecular complexity index is 948. The van der Waals surface area contributed by atoms with Crippen LogP contribution in [-0.4, -0.2) is 25.6 Å². The number of hydrogen-bond donors (Lipinski definition) is 1. The number of methoxy groups -OCH3 is 1. The number of nitriles is 1. The lowest BCUT2D eigenvalue weighted by molar-refractivity contribution is -0.142. The lowest BCUT2D eigenvalue weighted by atomic mass is 10.1. The molecule has 1 N–H and O–H groups in total. The second-order valence-electron chi connectivity index (χ2n) is 5.31. The van der Waals surface area contributed by atoms with E-state index in [4.69, 9.17) is 16.3 Å². The molecule has 0 radical (unpaired) electrons. The van der Waals surface area contributed by atoms with Crippen molar-refractivity contribution in [3.63, 3.8) is 0 Å². The average molecular weight is 576 g/mol. The van der Waals surface area contributed by atoms with Crippen LogP contribution >= 0.6 is 50.1 Å². The predicted molar refractivity (Wildman–Crippen MR) is 118 cm³/mol. The van der Waals surface area contributed by atoms with Gasteiger partial charge in [-0.2, -0.15) is 5.26 Å². The number of nitrogens with zero attached hydrogens (tertiary/aromatic N) is 1. The molecular weight excluding hydrogens is 562 g/mol. The Morgan fingerprint density at radius 3 is 2.57 bits per heavy atom. The zero-order chi connectivity index (χ0) is 20.7. The Morgan fingerprint density at radius 2 is 2.00 bits per heavy atom. The molecule has 28 heavy (non-hydrogen) atoms. The van der Waals surface area contributed by atoms with E-state index in [1.54, 1.807) is 36.4 Å². The van der Waals surface area contributed by atoms with Crippen LogP contribution in [0.15, 0.2) is 46.4 Å². The molecule has 2 aromatic rings. The molecule has 0 aliphatic carbocycles. The van der Waals surface area contributed by atoms with Gasteiger partial charge >= 0.3 is 5.97 Å². The zero-order valence-electron chi connectivity index (χ0n) is 14.5. The number of amides is 1. The third-order valence-corrected chi connectivity index (χ3v) is 5.00. The predicted octanol–water partition coefficient (Wildman–Crippen LogP) is 4.80. The summed E-state index contributed by atoms with van der Waals surface area (Å²) in [5, 5.41) is 12.5. The first-order valence-corrected chi connectivity index (χ1v) is 9.96. The summed E-state index contributed by atoms with van der Waals surface area (Å²) in [6.07, 6.45) is 1.46. The number of esters is 1. The number of nitrogens with one attached hydrogen (secondary N) is 1. The normalized spacial score (nSPS) is 10.8. The SMILES string of the molecule is COC(=O)COc1c(Br)cc(/C=C(/C#N)C(=O)Nc2ccc(Cl)cc2)cc1I.